The average molecular weight is 1460 g/mol. The SMILES string of the molecule is CC1(C)OC2C(CO)OC(C3C=CCC(C(N)=O)=C3)C2O1.CCCCCCCCCCCCCCCOCCCOP(=O)(OC)OCC1OC(N2C=CCC(C(N)=O)=C2)C2OC(C)(C)OC12.CCCCCCCCCCCCCCCOCCCOP(=O)(OC)Oc1ccc([N+](=O)[O-])cc1. The zero-order valence-electron chi connectivity index (χ0n) is 61.4. The highest BCUT2D eigenvalue weighted by Gasteiger charge is 2.58. The highest BCUT2D eigenvalue weighted by atomic mass is 31.2. The van der Waals surface area contributed by atoms with E-state index < -0.39 is 74.6 Å². The molecule has 4 saturated heterocycles. The second kappa shape index (κ2) is 47.5. The number of primary amides is 2. The highest BCUT2D eigenvalue weighted by molar-refractivity contribution is 7.49. The summed E-state index contributed by atoms with van der Waals surface area (Å²) in [5.41, 5.74) is 11.8. The summed E-state index contributed by atoms with van der Waals surface area (Å²) < 4.78 is 105. The summed E-state index contributed by atoms with van der Waals surface area (Å²) >= 11 is 0. The molecule has 5 aliphatic heterocycles. The minimum absolute atomic E-state index is 0.0823. The van der Waals surface area contributed by atoms with E-state index in [0.29, 0.717) is 50.0 Å². The van der Waals surface area contributed by atoms with Gasteiger partial charge >= 0.3 is 15.6 Å². The van der Waals surface area contributed by atoms with E-state index in [1.54, 1.807) is 11.1 Å². The molecular weight excluding hydrogens is 1330 g/mol. The maximum atomic E-state index is 13.1. The standard InChI is InChI=1S/C33H59N2O9P.C25H44NO7P.C15H21NO5/c1-5-6-7-8-9-10-11-12-13-14-15-16-17-22-39-23-19-24-40-45(37,38-4)41-26-28-29-30(44-33(2,3)43-29)32(42-28)35-21-18-20-27(25-35)31(34)36;1-3-4-5-6-7-8-9-10-11-12-13-14-15-21-31-22-16-23-32-34(29,30-2)33-25-19-17-24(18-20-25)26(27)28;1-15(2)20-12-10(7-17)19-11(13(12)21-15)8-4-3-5-9(6-8)14(16)18/h18,21,25,28-30,32H,5-17,19-20,22-24,26H2,1-4H3,(H2,34,36);17-20H,3-16,21-23H2,1-2H3;3-4,6,8,10-13,17H,5,7H2,1-2H3,(H2,16,18). The topological polar surface area (TPSA) is 316 Å². The number of nitrogens with two attached hydrogens (primary N) is 2. The second-order valence-corrected chi connectivity index (χ2v) is 30.8. The van der Waals surface area contributed by atoms with E-state index in [0.717, 1.165) is 26.1 Å². The first-order valence-electron chi connectivity index (χ1n) is 37.2. The zero-order valence-corrected chi connectivity index (χ0v) is 63.2. The van der Waals surface area contributed by atoms with Crippen LogP contribution >= 0.6 is 15.6 Å². The molecule has 1 aromatic carbocycles. The number of nitro groups is 1. The Bertz CT molecular complexity index is 2720. The summed E-state index contributed by atoms with van der Waals surface area (Å²) in [7, 11) is -5.07. The number of hydrogen-bond donors (Lipinski definition) is 3. The molecule has 4 fully saturated rings. The van der Waals surface area contributed by atoms with Crippen molar-refractivity contribution in [1.82, 2.24) is 4.90 Å². The molecule has 7 rings (SSSR count). The van der Waals surface area contributed by atoms with E-state index in [4.69, 9.17) is 76.5 Å². The Balaban J connectivity index is 0.000000288. The molecule has 100 heavy (non-hydrogen) atoms. The maximum Gasteiger partial charge on any atom is 0.529 e. The molecule has 1 aliphatic carbocycles. The molecule has 0 saturated carbocycles. The van der Waals surface area contributed by atoms with Gasteiger partial charge < -0.3 is 63.9 Å². The van der Waals surface area contributed by atoms with Crippen molar-refractivity contribution in [2.75, 3.05) is 67.1 Å². The van der Waals surface area contributed by atoms with Crippen LogP contribution in [-0.2, 0) is 79.2 Å². The normalized spacial score (nSPS) is 24.4. The number of unbranched alkanes of at least 4 members (excludes halogenated alkanes) is 24. The summed E-state index contributed by atoms with van der Waals surface area (Å²) in [4.78, 5) is 35.0. The molecule has 11 atom stereocenters. The van der Waals surface area contributed by atoms with Gasteiger partial charge in [0.15, 0.2) is 17.8 Å². The Morgan fingerprint density at radius 2 is 1.00 bits per heavy atom. The number of phosphoric acid groups is 2. The van der Waals surface area contributed by atoms with Crippen LogP contribution in [0.25, 0.3) is 0 Å². The van der Waals surface area contributed by atoms with Gasteiger partial charge in [-0.3, -0.25) is 42.3 Å². The monoisotopic (exact) mass is 1450 g/mol. The molecule has 11 unspecified atom stereocenters. The fourth-order valence-corrected chi connectivity index (χ4v) is 14.6. The van der Waals surface area contributed by atoms with Crippen LogP contribution in [0.1, 0.15) is 234 Å². The molecular formula is C73H124N4O21P2. The Morgan fingerprint density at radius 1 is 0.560 bits per heavy atom. The van der Waals surface area contributed by atoms with Crippen LogP contribution in [0.15, 0.2) is 72.1 Å². The van der Waals surface area contributed by atoms with Gasteiger partial charge in [0.25, 0.3) is 5.69 Å². The number of carbonyl (C=O) groups excluding carboxylic acids is 2. The van der Waals surface area contributed by atoms with Crippen molar-refractivity contribution >= 4 is 33.1 Å². The molecule has 5 N–H and O–H groups in total. The van der Waals surface area contributed by atoms with Gasteiger partial charge in [-0.25, -0.2) is 9.13 Å². The first-order chi connectivity index (χ1) is 48.1. The van der Waals surface area contributed by atoms with E-state index in [1.807, 2.05) is 58.2 Å². The lowest BCUT2D eigenvalue weighted by molar-refractivity contribution is -0.384. The number of nitrogens with zero attached hydrogens (tertiary/aromatic N) is 2. The summed E-state index contributed by atoms with van der Waals surface area (Å²) in [5, 5.41) is 20.2. The third-order valence-corrected chi connectivity index (χ3v) is 20.9. The summed E-state index contributed by atoms with van der Waals surface area (Å²) in [6.07, 6.45) is 44.1. The molecule has 0 aromatic heterocycles. The number of benzene rings is 1. The van der Waals surface area contributed by atoms with Crippen LogP contribution in [0.2, 0.25) is 0 Å². The Labute approximate surface area is 596 Å². The van der Waals surface area contributed by atoms with Crippen LogP contribution in [0.4, 0.5) is 5.69 Å². The molecule has 1 aromatic rings. The van der Waals surface area contributed by atoms with Gasteiger partial charge in [-0.1, -0.05) is 192 Å². The number of aliphatic hydroxyl groups excluding tert-OH is 1. The van der Waals surface area contributed by atoms with Crippen molar-refractivity contribution in [3.05, 3.63) is 82.2 Å². The number of aliphatic hydroxyl groups is 1. The minimum atomic E-state index is -3.82. The van der Waals surface area contributed by atoms with E-state index in [9.17, 15) is 33.9 Å². The molecule has 0 radical (unpaired) electrons. The van der Waals surface area contributed by atoms with Crippen LogP contribution < -0.4 is 16.0 Å². The maximum absolute atomic E-state index is 13.1. The van der Waals surface area contributed by atoms with Gasteiger partial charge in [0.2, 0.25) is 11.8 Å². The Morgan fingerprint density at radius 3 is 1.47 bits per heavy atom. The van der Waals surface area contributed by atoms with Crippen LogP contribution in [0, 0.1) is 16.0 Å². The van der Waals surface area contributed by atoms with Crippen LogP contribution in [0.3, 0.4) is 0 Å². The average Bonchev–Trinajstić information content (AvgIpc) is 1.61. The van der Waals surface area contributed by atoms with E-state index in [-0.39, 0.29) is 62.1 Å². The van der Waals surface area contributed by atoms with Crippen molar-refractivity contribution in [2.45, 2.75) is 295 Å². The predicted molar refractivity (Wildman–Crippen MR) is 383 cm³/mol. The minimum Gasteiger partial charge on any atom is -0.404 e. The number of ether oxygens (including phenoxy) is 8. The fourth-order valence-electron chi connectivity index (χ4n) is 12.7. The molecule has 2 amide bonds. The lowest BCUT2D eigenvalue weighted by Gasteiger charge is -2.31. The summed E-state index contributed by atoms with van der Waals surface area (Å²) in [5.74, 6) is -2.39. The van der Waals surface area contributed by atoms with Crippen molar-refractivity contribution in [3.8, 4) is 5.75 Å². The predicted octanol–water partition coefficient (Wildman–Crippen LogP) is 15.6. The molecule has 25 nitrogen and oxygen atoms in total. The van der Waals surface area contributed by atoms with Gasteiger partial charge in [0.05, 0.1) is 37.5 Å². The molecule has 5 heterocycles. The van der Waals surface area contributed by atoms with E-state index in [2.05, 4.69) is 13.8 Å². The number of hydrogen-bond acceptors (Lipinski definition) is 22. The van der Waals surface area contributed by atoms with Crippen LogP contribution in [0.5, 0.6) is 5.75 Å². The first-order valence-corrected chi connectivity index (χ1v) is 40.1. The quantitative estimate of drug-likeness (QED) is 0.0179. The van der Waals surface area contributed by atoms with Gasteiger partial charge in [-0.15, -0.1) is 0 Å². The number of non-ortho nitro benzene ring substituents is 1. The Kier molecular flexibility index (Phi) is 41.1. The lowest BCUT2D eigenvalue weighted by atomic mass is 9.89. The van der Waals surface area contributed by atoms with Gasteiger partial charge in [-0.05, 0) is 78.4 Å². The first kappa shape index (κ1) is 86.7. The van der Waals surface area contributed by atoms with Gasteiger partial charge in [-0.2, -0.15) is 0 Å². The highest BCUT2D eigenvalue weighted by Crippen LogP contribution is 2.51. The summed E-state index contributed by atoms with van der Waals surface area (Å²) in [6.45, 7) is 14.4. The third-order valence-electron chi connectivity index (χ3n) is 18.1. The Hall–Kier alpha value is -3.98. The zero-order chi connectivity index (χ0) is 72.7. The molecule has 0 bridgehead atoms. The molecule has 6 aliphatic rings. The van der Waals surface area contributed by atoms with Crippen molar-refractivity contribution in [3.63, 3.8) is 0 Å². The van der Waals surface area contributed by atoms with E-state index in [1.165, 1.54) is 193 Å². The van der Waals surface area contributed by atoms with Gasteiger partial charge in [0, 0.05) is 82.2 Å². The molecule has 0 spiro atoms. The number of fused-ring (bicyclic) bond motifs is 2. The number of allylic oxidation sites excluding steroid dienone is 2. The van der Waals surface area contributed by atoms with Crippen molar-refractivity contribution < 1.29 is 93.8 Å². The largest absolute Gasteiger partial charge is 0.529 e. The number of nitro benzene ring substituents is 1. The fraction of sp³-hybridized carbons (Fsp3) is 0.781. The number of rotatable bonds is 51. The van der Waals surface area contributed by atoms with Crippen molar-refractivity contribution in [2.24, 2.45) is 17.4 Å². The smallest absolute Gasteiger partial charge is 0.404 e. The summed E-state index contributed by atoms with van der Waals surface area (Å²) in [6, 6.07) is 5.23. The molecule has 27 heteroatoms. The van der Waals surface area contributed by atoms with Crippen LogP contribution in [-0.4, -0.2) is 154 Å². The number of amides is 2. The number of carbonyl (C=O) groups is 2. The van der Waals surface area contributed by atoms with Gasteiger partial charge in [0.1, 0.15) is 42.4 Å². The number of phosphoric ester groups is 2. The third kappa shape index (κ3) is 32.2. The van der Waals surface area contributed by atoms with Crippen molar-refractivity contribution in [1.29, 1.82) is 0 Å². The van der Waals surface area contributed by atoms with E-state index >= 15 is 0 Å². The molecule has 572 valence electrons. The lowest BCUT2D eigenvalue weighted by Crippen LogP contribution is -2.40. The second-order valence-electron chi connectivity index (χ2n) is 27.3.